The fraction of sp³-hybridized carbons (Fsp3) is 0.650. The Morgan fingerprint density at radius 3 is 2.69 bits per heavy atom. The van der Waals surface area contributed by atoms with E-state index < -0.39 is 5.60 Å². The fourth-order valence-electron chi connectivity index (χ4n) is 3.84. The van der Waals surface area contributed by atoms with Gasteiger partial charge in [0.15, 0.2) is 0 Å². The van der Waals surface area contributed by atoms with Gasteiger partial charge in [-0.1, -0.05) is 30.3 Å². The van der Waals surface area contributed by atoms with Crippen LogP contribution in [0.2, 0.25) is 0 Å². The minimum absolute atomic E-state index is 0. The molecule has 6 heteroatoms. The number of amides is 1. The molecule has 3 rings (SSSR count). The minimum Gasteiger partial charge on any atom is -0.376 e. The van der Waals surface area contributed by atoms with Crippen LogP contribution in [0.4, 0.5) is 0 Å². The number of likely N-dealkylation sites (tertiary alicyclic amines) is 1. The maximum absolute atomic E-state index is 12.9. The number of hydrogen-bond acceptors (Lipinski definition) is 4. The molecule has 0 saturated carbocycles. The maximum atomic E-state index is 12.9. The van der Waals surface area contributed by atoms with Crippen LogP contribution in [-0.4, -0.2) is 62.4 Å². The summed E-state index contributed by atoms with van der Waals surface area (Å²) < 4.78 is 11.7. The number of carbonyl (C=O) groups excluding carboxylic acids is 1. The van der Waals surface area contributed by atoms with Crippen molar-refractivity contribution in [3.05, 3.63) is 35.9 Å². The van der Waals surface area contributed by atoms with Crippen LogP contribution in [-0.2, 0) is 20.7 Å². The van der Waals surface area contributed by atoms with E-state index in [0.717, 1.165) is 58.3 Å². The van der Waals surface area contributed by atoms with Crippen LogP contribution in [0.25, 0.3) is 0 Å². The number of halogens is 1. The standard InChI is InChI=1S/C20H30N2O3.ClH/c1-24-20(10-12-21-13-11-20)19(23)22-14-9-18(16-22)25-15-5-8-17-6-3-2-4-7-17;/h2-4,6-7,18,21H,5,8-16H2,1H3;1H. The third-order valence-corrected chi connectivity index (χ3v) is 5.43. The van der Waals surface area contributed by atoms with Crippen molar-refractivity contribution in [2.45, 2.75) is 43.8 Å². The van der Waals surface area contributed by atoms with E-state index in [2.05, 4.69) is 29.6 Å². The lowest BCUT2D eigenvalue weighted by atomic mass is 9.90. The van der Waals surface area contributed by atoms with Crippen molar-refractivity contribution in [3.8, 4) is 0 Å². The number of nitrogens with zero attached hydrogens (tertiary/aromatic N) is 1. The van der Waals surface area contributed by atoms with Gasteiger partial charge in [-0.3, -0.25) is 4.79 Å². The molecule has 1 N–H and O–H groups in total. The summed E-state index contributed by atoms with van der Waals surface area (Å²) in [6.45, 7) is 3.91. The molecule has 26 heavy (non-hydrogen) atoms. The predicted octanol–water partition coefficient (Wildman–Crippen LogP) is 2.43. The van der Waals surface area contributed by atoms with Crippen LogP contribution in [0.5, 0.6) is 0 Å². The lowest BCUT2D eigenvalue weighted by Crippen LogP contribution is -2.55. The number of piperidine rings is 1. The summed E-state index contributed by atoms with van der Waals surface area (Å²) in [6.07, 6.45) is 4.64. The number of ether oxygens (including phenoxy) is 2. The molecule has 2 aliphatic rings. The van der Waals surface area contributed by atoms with E-state index in [4.69, 9.17) is 9.47 Å². The Kier molecular flexibility index (Phi) is 8.35. The third-order valence-electron chi connectivity index (χ3n) is 5.43. The van der Waals surface area contributed by atoms with E-state index in [1.807, 2.05) is 11.0 Å². The van der Waals surface area contributed by atoms with Crippen molar-refractivity contribution in [3.63, 3.8) is 0 Å². The predicted molar refractivity (Wildman–Crippen MR) is 105 cm³/mol. The van der Waals surface area contributed by atoms with Crippen LogP contribution in [0, 0.1) is 0 Å². The molecule has 2 fully saturated rings. The zero-order valence-electron chi connectivity index (χ0n) is 15.6. The molecule has 0 aliphatic carbocycles. The van der Waals surface area contributed by atoms with Crippen LogP contribution in [0.15, 0.2) is 30.3 Å². The van der Waals surface area contributed by atoms with E-state index in [0.29, 0.717) is 6.54 Å². The van der Waals surface area contributed by atoms with E-state index >= 15 is 0 Å². The van der Waals surface area contributed by atoms with Gasteiger partial charge in [0, 0.05) is 26.8 Å². The molecule has 5 nitrogen and oxygen atoms in total. The van der Waals surface area contributed by atoms with Crippen molar-refractivity contribution < 1.29 is 14.3 Å². The van der Waals surface area contributed by atoms with Crippen LogP contribution < -0.4 is 5.32 Å². The molecule has 0 radical (unpaired) electrons. The second-order valence-corrected chi connectivity index (χ2v) is 7.07. The molecular weight excluding hydrogens is 352 g/mol. The Morgan fingerprint density at radius 1 is 1.27 bits per heavy atom. The summed E-state index contributed by atoms with van der Waals surface area (Å²) in [5.41, 5.74) is 0.718. The quantitative estimate of drug-likeness (QED) is 0.736. The van der Waals surface area contributed by atoms with Gasteiger partial charge in [0.25, 0.3) is 5.91 Å². The van der Waals surface area contributed by atoms with Gasteiger partial charge in [0.2, 0.25) is 0 Å². The molecule has 2 saturated heterocycles. The normalized spacial score (nSPS) is 22.0. The molecular formula is C20H31ClN2O3. The first kappa shape index (κ1) is 21.2. The number of nitrogens with one attached hydrogen (secondary N) is 1. The van der Waals surface area contributed by atoms with Gasteiger partial charge in [-0.2, -0.15) is 0 Å². The fourth-order valence-corrected chi connectivity index (χ4v) is 3.84. The molecule has 1 atom stereocenters. The minimum atomic E-state index is -0.631. The van der Waals surface area contributed by atoms with Crippen molar-refractivity contribution in [2.24, 2.45) is 0 Å². The number of benzene rings is 1. The highest BCUT2D eigenvalue weighted by molar-refractivity contribution is 5.86. The highest BCUT2D eigenvalue weighted by Crippen LogP contribution is 2.27. The molecule has 0 aromatic heterocycles. The van der Waals surface area contributed by atoms with Crippen LogP contribution >= 0.6 is 12.4 Å². The average Bonchev–Trinajstić information content (AvgIpc) is 3.15. The van der Waals surface area contributed by atoms with Crippen molar-refractivity contribution in [2.75, 3.05) is 39.9 Å². The highest BCUT2D eigenvalue weighted by Gasteiger charge is 2.44. The van der Waals surface area contributed by atoms with Gasteiger partial charge in [-0.15, -0.1) is 12.4 Å². The van der Waals surface area contributed by atoms with Gasteiger partial charge in [0.1, 0.15) is 5.60 Å². The van der Waals surface area contributed by atoms with Gasteiger partial charge < -0.3 is 19.7 Å². The Morgan fingerprint density at radius 2 is 2.00 bits per heavy atom. The third kappa shape index (κ3) is 5.19. The van der Waals surface area contributed by atoms with E-state index in [1.165, 1.54) is 5.56 Å². The summed E-state index contributed by atoms with van der Waals surface area (Å²) in [5.74, 6) is 0.145. The number of hydrogen-bond donors (Lipinski definition) is 1. The van der Waals surface area contributed by atoms with Crippen LogP contribution in [0.1, 0.15) is 31.2 Å². The van der Waals surface area contributed by atoms with E-state index in [1.54, 1.807) is 7.11 Å². The zero-order valence-corrected chi connectivity index (χ0v) is 16.4. The Balaban J connectivity index is 0.00000243. The topological polar surface area (TPSA) is 50.8 Å². The number of methoxy groups -OCH3 is 1. The molecule has 2 heterocycles. The summed E-state index contributed by atoms with van der Waals surface area (Å²) in [5, 5.41) is 3.30. The Labute approximate surface area is 162 Å². The lowest BCUT2D eigenvalue weighted by molar-refractivity contribution is -0.157. The molecule has 0 spiro atoms. The second kappa shape index (κ2) is 10.3. The summed E-state index contributed by atoms with van der Waals surface area (Å²) in [6, 6.07) is 10.5. The van der Waals surface area contributed by atoms with Gasteiger partial charge >= 0.3 is 0 Å². The largest absolute Gasteiger partial charge is 0.376 e. The molecule has 0 bridgehead atoms. The Hall–Kier alpha value is -1.14. The molecule has 1 unspecified atom stereocenters. The molecule has 2 aliphatic heterocycles. The van der Waals surface area contributed by atoms with Crippen LogP contribution in [0.3, 0.4) is 0 Å². The first-order valence-corrected chi connectivity index (χ1v) is 9.44. The summed E-state index contributed by atoms with van der Waals surface area (Å²) >= 11 is 0. The molecule has 1 aromatic carbocycles. The Bertz CT molecular complexity index is 549. The number of carbonyl (C=O) groups is 1. The van der Waals surface area contributed by atoms with E-state index in [9.17, 15) is 4.79 Å². The first-order valence-electron chi connectivity index (χ1n) is 9.44. The number of aryl methyl sites for hydroxylation is 1. The van der Waals surface area contributed by atoms with E-state index in [-0.39, 0.29) is 24.4 Å². The second-order valence-electron chi connectivity index (χ2n) is 7.07. The highest BCUT2D eigenvalue weighted by atomic mass is 35.5. The summed E-state index contributed by atoms with van der Waals surface area (Å²) in [4.78, 5) is 14.9. The smallest absolute Gasteiger partial charge is 0.254 e. The SMILES string of the molecule is COC1(C(=O)N2CCC(OCCCc3ccccc3)C2)CCNCC1.Cl. The van der Waals surface area contributed by atoms with Gasteiger partial charge in [-0.25, -0.2) is 0 Å². The van der Waals surface area contributed by atoms with Crippen molar-refractivity contribution in [1.29, 1.82) is 0 Å². The molecule has 146 valence electrons. The zero-order chi connectivity index (χ0) is 17.5. The summed E-state index contributed by atoms with van der Waals surface area (Å²) in [7, 11) is 1.66. The monoisotopic (exact) mass is 382 g/mol. The van der Waals surface area contributed by atoms with Gasteiger partial charge in [-0.05, 0) is 50.8 Å². The first-order chi connectivity index (χ1) is 12.2. The number of rotatable bonds is 7. The van der Waals surface area contributed by atoms with Crippen molar-refractivity contribution >= 4 is 18.3 Å². The van der Waals surface area contributed by atoms with Crippen molar-refractivity contribution in [1.82, 2.24) is 10.2 Å². The lowest BCUT2D eigenvalue weighted by Gasteiger charge is -2.37. The average molecular weight is 383 g/mol. The molecule has 1 amide bonds. The maximum Gasteiger partial charge on any atom is 0.254 e. The molecule has 1 aromatic rings. The van der Waals surface area contributed by atoms with Gasteiger partial charge in [0.05, 0.1) is 6.10 Å².